The number of aromatic hydroxyl groups is 2. The van der Waals surface area contributed by atoms with Gasteiger partial charge in [-0.3, -0.25) is 14.2 Å². The molecule has 0 saturated heterocycles. The molecule has 0 bridgehead atoms. The van der Waals surface area contributed by atoms with Crippen LogP contribution >= 0.6 is 7.82 Å². The maximum absolute atomic E-state index is 14.6. The molecule has 1 aromatic carbocycles. The second kappa shape index (κ2) is 10.1. The van der Waals surface area contributed by atoms with Gasteiger partial charge in [0.15, 0.2) is 34.5 Å². The third-order valence-electron chi connectivity index (χ3n) is 5.52. The second-order valence-electron chi connectivity index (χ2n) is 8.82. The molecule has 13 nitrogen and oxygen atoms in total. The fraction of sp³-hybridized carbons (Fsp3) is 0.304. The quantitative estimate of drug-likeness (QED) is 0.300. The summed E-state index contributed by atoms with van der Waals surface area (Å²) in [5.74, 6) is -1.71. The molecule has 0 spiro atoms. The highest BCUT2D eigenvalue weighted by molar-refractivity contribution is 7.46. The molecular weight excluding hydrogens is 526 g/mol. The number of methoxy groups -OCH3 is 1. The molecule has 1 amide bonds. The molecule has 4 N–H and O–H groups in total. The van der Waals surface area contributed by atoms with Crippen LogP contribution in [0.4, 0.5) is 10.2 Å². The lowest BCUT2D eigenvalue weighted by molar-refractivity contribution is -0.133. The summed E-state index contributed by atoms with van der Waals surface area (Å²) >= 11 is 0. The maximum Gasteiger partial charge on any atom is 0.471 e. The van der Waals surface area contributed by atoms with Gasteiger partial charge in [-0.25, -0.2) is 23.9 Å². The minimum atomic E-state index is -4.90. The van der Waals surface area contributed by atoms with Gasteiger partial charge in [0.2, 0.25) is 5.75 Å². The maximum atomic E-state index is 14.6. The van der Waals surface area contributed by atoms with E-state index in [4.69, 9.17) is 19.3 Å². The summed E-state index contributed by atoms with van der Waals surface area (Å²) in [5, 5.41) is 20.0. The van der Waals surface area contributed by atoms with Crippen LogP contribution < -0.4 is 14.4 Å². The fourth-order valence-electron chi connectivity index (χ4n) is 3.81. The number of nitrogens with zero attached hydrogens (tertiary/aromatic N) is 4. The number of hydrogen-bond acceptors (Lipinski definition) is 10. The summed E-state index contributed by atoms with van der Waals surface area (Å²) in [5.41, 5.74) is -0.661. The first-order valence-corrected chi connectivity index (χ1v) is 12.6. The van der Waals surface area contributed by atoms with E-state index in [1.54, 1.807) is 0 Å². The normalized spacial score (nSPS) is 14.7. The van der Waals surface area contributed by atoms with E-state index in [0.29, 0.717) is 5.56 Å². The SMILES string of the molecule is COc1c(O)cc(Cc2ncc(F)c(Cc3ccc4c(n3)N(COP(=O)(O)O)C(=O)C(C)(C)O4)n2)cc1O. The average Bonchev–Trinajstić information content (AvgIpc) is 2.81. The Kier molecular flexibility index (Phi) is 7.26. The van der Waals surface area contributed by atoms with Gasteiger partial charge in [0.05, 0.1) is 19.0 Å². The minimum absolute atomic E-state index is 0.0224. The minimum Gasteiger partial charge on any atom is -0.504 e. The predicted molar refractivity (Wildman–Crippen MR) is 128 cm³/mol. The van der Waals surface area contributed by atoms with Crippen molar-refractivity contribution in [2.75, 3.05) is 18.7 Å². The van der Waals surface area contributed by atoms with Gasteiger partial charge in [0.1, 0.15) is 12.6 Å². The highest BCUT2D eigenvalue weighted by Gasteiger charge is 2.42. The highest BCUT2D eigenvalue weighted by atomic mass is 31.2. The van der Waals surface area contributed by atoms with Crippen molar-refractivity contribution in [3.8, 4) is 23.0 Å². The van der Waals surface area contributed by atoms with E-state index < -0.39 is 31.9 Å². The number of phosphoric ester groups is 1. The van der Waals surface area contributed by atoms with Crippen LogP contribution in [-0.2, 0) is 26.7 Å². The Balaban J connectivity index is 1.61. The summed E-state index contributed by atoms with van der Waals surface area (Å²) in [4.78, 5) is 44.5. The predicted octanol–water partition coefficient (Wildman–Crippen LogP) is 2.18. The number of anilines is 1. The molecule has 3 aromatic rings. The van der Waals surface area contributed by atoms with Gasteiger partial charge >= 0.3 is 7.82 Å². The zero-order valence-electron chi connectivity index (χ0n) is 20.5. The third-order valence-corrected chi connectivity index (χ3v) is 5.98. The number of pyridine rings is 1. The number of carbonyl (C=O) groups is 1. The first kappa shape index (κ1) is 27.2. The van der Waals surface area contributed by atoms with E-state index in [1.807, 2.05) is 0 Å². The summed E-state index contributed by atoms with van der Waals surface area (Å²) < 4.78 is 41.0. The van der Waals surface area contributed by atoms with Gasteiger partial charge in [-0.15, -0.1) is 0 Å². The smallest absolute Gasteiger partial charge is 0.471 e. The first-order valence-electron chi connectivity index (χ1n) is 11.1. The van der Waals surface area contributed by atoms with Crippen LogP contribution in [0.1, 0.15) is 36.6 Å². The lowest BCUT2D eigenvalue weighted by Crippen LogP contribution is -2.53. The Morgan fingerprint density at radius 1 is 1.13 bits per heavy atom. The Morgan fingerprint density at radius 2 is 1.82 bits per heavy atom. The molecule has 202 valence electrons. The number of fused-ring (bicyclic) bond motifs is 1. The lowest BCUT2D eigenvalue weighted by atomic mass is 10.1. The molecule has 0 unspecified atom stereocenters. The molecular formula is C23H24FN4O9P. The van der Waals surface area contributed by atoms with Gasteiger partial charge < -0.3 is 29.5 Å². The van der Waals surface area contributed by atoms with Gasteiger partial charge in [-0.05, 0) is 43.7 Å². The largest absolute Gasteiger partial charge is 0.504 e. The third kappa shape index (κ3) is 5.83. The van der Waals surface area contributed by atoms with Gasteiger partial charge in [-0.1, -0.05) is 0 Å². The fourth-order valence-corrected chi connectivity index (χ4v) is 4.08. The van der Waals surface area contributed by atoms with Crippen LogP contribution in [0.25, 0.3) is 0 Å². The number of ether oxygens (including phenoxy) is 2. The number of benzene rings is 1. The molecule has 4 rings (SSSR count). The molecule has 0 radical (unpaired) electrons. The van der Waals surface area contributed by atoms with Crippen LogP contribution in [0.5, 0.6) is 23.0 Å². The molecule has 3 heterocycles. The number of phenols is 2. The molecule has 0 saturated carbocycles. The van der Waals surface area contributed by atoms with Crippen LogP contribution in [0.2, 0.25) is 0 Å². The zero-order chi connectivity index (χ0) is 27.8. The van der Waals surface area contributed by atoms with Crippen LogP contribution in [0.15, 0.2) is 30.5 Å². The monoisotopic (exact) mass is 550 g/mol. The summed E-state index contributed by atoms with van der Waals surface area (Å²) in [7, 11) is -3.60. The second-order valence-corrected chi connectivity index (χ2v) is 10.1. The summed E-state index contributed by atoms with van der Waals surface area (Å²) in [6.45, 7) is 2.18. The molecule has 15 heteroatoms. The van der Waals surface area contributed by atoms with Crippen LogP contribution in [0.3, 0.4) is 0 Å². The van der Waals surface area contributed by atoms with Crippen LogP contribution in [0, 0.1) is 5.82 Å². The number of rotatable bonds is 8. The molecule has 0 fully saturated rings. The summed E-state index contributed by atoms with van der Waals surface area (Å²) in [6, 6.07) is 5.76. The highest BCUT2D eigenvalue weighted by Crippen LogP contribution is 2.41. The zero-order valence-corrected chi connectivity index (χ0v) is 21.3. The van der Waals surface area contributed by atoms with E-state index in [2.05, 4.69) is 19.5 Å². The molecule has 1 aliphatic heterocycles. The van der Waals surface area contributed by atoms with Crippen molar-refractivity contribution in [3.05, 3.63) is 59.1 Å². The van der Waals surface area contributed by atoms with Crippen molar-refractivity contribution in [2.24, 2.45) is 0 Å². The first-order chi connectivity index (χ1) is 17.8. The van der Waals surface area contributed by atoms with E-state index in [9.17, 15) is 24.0 Å². The van der Waals surface area contributed by atoms with Crippen molar-refractivity contribution in [1.82, 2.24) is 15.0 Å². The average molecular weight is 550 g/mol. The van der Waals surface area contributed by atoms with Crippen molar-refractivity contribution in [1.29, 1.82) is 0 Å². The topological polar surface area (TPSA) is 185 Å². The van der Waals surface area contributed by atoms with Crippen LogP contribution in [-0.4, -0.2) is 60.3 Å². The van der Waals surface area contributed by atoms with Gasteiger partial charge in [0.25, 0.3) is 5.91 Å². The number of amides is 1. The molecule has 0 aliphatic carbocycles. The molecule has 0 atom stereocenters. The van der Waals surface area contributed by atoms with E-state index in [-0.39, 0.29) is 58.9 Å². The number of halogens is 1. The van der Waals surface area contributed by atoms with Gasteiger partial charge in [-0.2, -0.15) is 0 Å². The Labute approximate surface area is 215 Å². The molecule has 1 aliphatic rings. The Morgan fingerprint density at radius 3 is 2.45 bits per heavy atom. The number of hydrogen-bond donors (Lipinski definition) is 4. The number of phosphoric acid groups is 1. The number of aromatic nitrogens is 3. The van der Waals surface area contributed by atoms with Crippen molar-refractivity contribution >= 4 is 19.5 Å². The van der Waals surface area contributed by atoms with Crippen molar-refractivity contribution < 1.29 is 47.7 Å². The molecule has 38 heavy (non-hydrogen) atoms. The Bertz CT molecular complexity index is 1420. The number of carbonyl (C=O) groups excluding carboxylic acids is 1. The van der Waals surface area contributed by atoms with Crippen molar-refractivity contribution in [2.45, 2.75) is 32.3 Å². The van der Waals surface area contributed by atoms with Crippen molar-refractivity contribution in [3.63, 3.8) is 0 Å². The summed E-state index contributed by atoms with van der Waals surface area (Å²) in [6.07, 6.45) is 0.911. The van der Waals surface area contributed by atoms with E-state index in [0.717, 1.165) is 11.1 Å². The standard InChI is InChI=1S/C23H24FN4O9P/c1-23(2)22(31)28(11-36-38(32,33)34)21-18(37-23)5-4-13(26-21)9-15-14(24)10-25-19(27-15)8-12-6-16(29)20(35-3)17(30)7-12/h4-7,10,29-30H,8-9,11H2,1-3H3,(H2,32,33,34). The van der Waals surface area contributed by atoms with Gasteiger partial charge in [0, 0.05) is 18.5 Å². The Hall–Kier alpha value is -3.84. The number of phenolic OH excluding ortho intramolecular Hbond substituents is 2. The van der Waals surface area contributed by atoms with E-state index in [1.165, 1.54) is 45.2 Å². The van der Waals surface area contributed by atoms with E-state index >= 15 is 0 Å². The molecule has 2 aromatic heterocycles. The lowest BCUT2D eigenvalue weighted by Gasteiger charge is -2.37.